The van der Waals surface area contributed by atoms with Crippen LogP contribution in [0.25, 0.3) is 0 Å². The Balaban J connectivity index is 2.60. The van der Waals surface area contributed by atoms with E-state index in [1.54, 1.807) is 13.0 Å². The van der Waals surface area contributed by atoms with Gasteiger partial charge in [-0.3, -0.25) is 4.79 Å². The van der Waals surface area contributed by atoms with Gasteiger partial charge in [-0.25, -0.2) is 14.1 Å². The molecule has 0 aromatic carbocycles. The number of carbonyl (C=O) groups is 2. The van der Waals surface area contributed by atoms with Gasteiger partial charge in [-0.15, -0.1) is 0 Å². The summed E-state index contributed by atoms with van der Waals surface area (Å²) in [7, 11) is -3.05. The number of methoxy groups -OCH3 is 1. The van der Waals surface area contributed by atoms with E-state index in [1.165, 1.54) is 25.3 Å². The summed E-state index contributed by atoms with van der Waals surface area (Å²) in [6.45, 7) is 3.04. The third kappa shape index (κ3) is 2.19. The Morgan fingerprint density at radius 1 is 1.48 bits per heavy atom. The second-order valence-electron chi connectivity index (χ2n) is 5.08. The Bertz CT molecular complexity index is 673. The van der Waals surface area contributed by atoms with Crippen molar-refractivity contribution >= 4 is 21.9 Å². The molecular weight excluding hydrogens is 296 g/mol. The van der Waals surface area contributed by atoms with E-state index in [1.807, 2.05) is 0 Å². The van der Waals surface area contributed by atoms with Crippen LogP contribution in [-0.2, 0) is 24.3 Å². The van der Waals surface area contributed by atoms with E-state index in [9.17, 15) is 18.0 Å². The Kier molecular flexibility index (Phi) is 3.75. The van der Waals surface area contributed by atoms with E-state index in [-0.39, 0.29) is 11.4 Å². The SMILES string of the molecule is COC(=O)[C@]1(C)[C@@H](C)CC(=O)N1S(=O)(=O)c1ccccn1. The molecule has 2 atom stereocenters. The van der Waals surface area contributed by atoms with Gasteiger partial charge in [0.1, 0.15) is 0 Å². The molecule has 1 aromatic heterocycles. The first-order chi connectivity index (χ1) is 9.76. The van der Waals surface area contributed by atoms with Gasteiger partial charge in [0.05, 0.1) is 7.11 Å². The number of hydrogen-bond donors (Lipinski definition) is 0. The summed E-state index contributed by atoms with van der Waals surface area (Å²) in [6, 6.07) is 4.34. The quantitative estimate of drug-likeness (QED) is 0.757. The Labute approximate surface area is 123 Å². The maximum absolute atomic E-state index is 12.7. The van der Waals surface area contributed by atoms with Crippen LogP contribution in [0.5, 0.6) is 0 Å². The van der Waals surface area contributed by atoms with E-state index in [0.29, 0.717) is 4.31 Å². The highest BCUT2D eigenvalue weighted by molar-refractivity contribution is 7.89. The van der Waals surface area contributed by atoms with Gasteiger partial charge in [0, 0.05) is 12.6 Å². The second kappa shape index (κ2) is 5.10. The van der Waals surface area contributed by atoms with Gasteiger partial charge in [-0.05, 0) is 25.0 Å². The van der Waals surface area contributed by atoms with E-state index >= 15 is 0 Å². The molecule has 1 aliphatic rings. The van der Waals surface area contributed by atoms with Crippen molar-refractivity contribution in [2.24, 2.45) is 5.92 Å². The lowest BCUT2D eigenvalue weighted by Gasteiger charge is -2.33. The van der Waals surface area contributed by atoms with Crippen molar-refractivity contribution in [1.29, 1.82) is 0 Å². The predicted octanol–water partition coefficient (Wildman–Crippen LogP) is 0.570. The monoisotopic (exact) mass is 312 g/mol. The molecular formula is C13H16N2O5S. The lowest BCUT2D eigenvalue weighted by molar-refractivity contribution is -0.153. The molecule has 0 saturated carbocycles. The van der Waals surface area contributed by atoms with Crippen molar-refractivity contribution in [3.63, 3.8) is 0 Å². The average molecular weight is 312 g/mol. The first-order valence-electron chi connectivity index (χ1n) is 6.34. The summed E-state index contributed by atoms with van der Waals surface area (Å²) in [5.41, 5.74) is -1.57. The molecule has 1 aromatic rings. The molecule has 8 heteroatoms. The minimum atomic E-state index is -4.21. The average Bonchev–Trinajstić information content (AvgIpc) is 2.70. The highest BCUT2D eigenvalue weighted by Gasteiger charge is 2.59. The molecule has 1 aliphatic heterocycles. The third-order valence-corrected chi connectivity index (χ3v) is 5.66. The molecule has 0 unspecified atom stereocenters. The lowest BCUT2D eigenvalue weighted by Crippen LogP contribution is -2.55. The Morgan fingerprint density at radius 3 is 2.67 bits per heavy atom. The van der Waals surface area contributed by atoms with Gasteiger partial charge in [0.25, 0.3) is 10.0 Å². The molecule has 0 radical (unpaired) electrons. The second-order valence-corrected chi connectivity index (χ2v) is 6.81. The van der Waals surface area contributed by atoms with Crippen molar-refractivity contribution in [3.8, 4) is 0 Å². The number of amides is 1. The summed E-state index contributed by atoms with van der Waals surface area (Å²) in [4.78, 5) is 28.0. The van der Waals surface area contributed by atoms with Gasteiger partial charge >= 0.3 is 5.97 Å². The van der Waals surface area contributed by atoms with Crippen LogP contribution in [0.4, 0.5) is 0 Å². The minimum absolute atomic E-state index is 0.0440. The van der Waals surface area contributed by atoms with Gasteiger partial charge < -0.3 is 4.74 Å². The number of rotatable bonds is 3. The van der Waals surface area contributed by atoms with Crippen LogP contribution in [0.3, 0.4) is 0 Å². The number of pyridine rings is 1. The molecule has 0 bridgehead atoms. The highest BCUT2D eigenvalue weighted by atomic mass is 32.2. The molecule has 1 fully saturated rings. The molecule has 1 amide bonds. The van der Waals surface area contributed by atoms with Gasteiger partial charge in [0.2, 0.25) is 5.91 Å². The molecule has 114 valence electrons. The molecule has 21 heavy (non-hydrogen) atoms. The molecule has 2 rings (SSSR count). The fourth-order valence-corrected chi connectivity index (χ4v) is 4.20. The third-order valence-electron chi connectivity index (χ3n) is 3.83. The van der Waals surface area contributed by atoms with Crippen LogP contribution in [0.1, 0.15) is 20.3 Å². The van der Waals surface area contributed by atoms with Crippen LogP contribution < -0.4 is 0 Å². The zero-order chi connectivity index (χ0) is 15.8. The zero-order valence-corrected chi connectivity index (χ0v) is 12.8. The summed E-state index contributed by atoms with van der Waals surface area (Å²) in [6.07, 6.45) is 1.27. The first-order valence-corrected chi connectivity index (χ1v) is 7.78. The zero-order valence-electron chi connectivity index (χ0n) is 11.9. The number of esters is 1. The topological polar surface area (TPSA) is 93.6 Å². The summed E-state index contributed by atoms with van der Waals surface area (Å²) in [5.74, 6) is -1.89. The molecule has 0 spiro atoms. The predicted molar refractivity (Wildman–Crippen MR) is 72.5 cm³/mol. The smallest absolute Gasteiger partial charge is 0.332 e. The number of ether oxygens (including phenoxy) is 1. The van der Waals surface area contributed by atoms with Crippen molar-refractivity contribution in [2.75, 3.05) is 7.11 Å². The number of sulfonamides is 1. The van der Waals surface area contributed by atoms with Crippen LogP contribution >= 0.6 is 0 Å². The van der Waals surface area contributed by atoms with Crippen LogP contribution in [0.15, 0.2) is 29.4 Å². The Hall–Kier alpha value is -1.96. The summed E-state index contributed by atoms with van der Waals surface area (Å²) in [5, 5.41) is -0.275. The maximum atomic E-state index is 12.7. The van der Waals surface area contributed by atoms with Crippen molar-refractivity contribution < 1.29 is 22.7 Å². The van der Waals surface area contributed by atoms with E-state index < -0.39 is 33.4 Å². The molecule has 7 nitrogen and oxygen atoms in total. The number of carbonyl (C=O) groups excluding carboxylic acids is 2. The highest BCUT2D eigenvalue weighted by Crippen LogP contribution is 2.40. The van der Waals surface area contributed by atoms with Crippen molar-refractivity contribution in [1.82, 2.24) is 9.29 Å². The number of nitrogens with zero attached hydrogens (tertiary/aromatic N) is 2. The van der Waals surface area contributed by atoms with Crippen LogP contribution in [0, 0.1) is 5.92 Å². The molecule has 0 aliphatic carbocycles. The largest absolute Gasteiger partial charge is 0.467 e. The summed E-state index contributed by atoms with van der Waals surface area (Å²) >= 11 is 0. The van der Waals surface area contributed by atoms with Gasteiger partial charge in [-0.1, -0.05) is 13.0 Å². The van der Waals surface area contributed by atoms with Crippen LogP contribution in [0.2, 0.25) is 0 Å². The standard InChI is InChI=1S/C13H16N2O5S/c1-9-8-11(16)15(13(9,2)12(17)20-3)21(18,19)10-6-4-5-7-14-10/h4-7,9H,8H2,1-3H3/t9-,13-/m0/s1. The molecule has 0 N–H and O–H groups in total. The van der Waals surface area contributed by atoms with Gasteiger partial charge in [-0.2, -0.15) is 8.42 Å². The maximum Gasteiger partial charge on any atom is 0.332 e. The minimum Gasteiger partial charge on any atom is -0.467 e. The Morgan fingerprint density at radius 2 is 2.14 bits per heavy atom. The fourth-order valence-electron chi connectivity index (χ4n) is 2.47. The number of aromatic nitrogens is 1. The normalized spacial score (nSPS) is 26.0. The summed E-state index contributed by atoms with van der Waals surface area (Å²) < 4.78 is 30.6. The fraction of sp³-hybridized carbons (Fsp3) is 0.462. The molecule has 1 saturated heterocycles. The lowest BCUT2D eigenvalue weighted by atomic mass is 9.89. The van der Waals surface area contributed by atoms with E-state index in [2.05, 4.69) is 4.98 Å². The van der Waals surface area contributed by atoms with Gasteiger partial charge in [0.15, 0.2) is 10.6 Å². The van der Waals surface area contributed by atoms with E-state index in [0.717, 1.165) is 7.11 Å². The van der Waals surface area contributed by atoms with E-state index in [4.69, 9.17) is 4.74 Å². The molecule has 2 heterocycles. The van der Waals surface area contributed by atoms with Crippen LogP contribution in [-0.4, -0.2) is 42.2 Å². The number of hydrogen-bond acceptors (Lipinski definition) is 6. The van der Waals surface area contributed by atoms with Crippen molar-refractivity contribution in [2.45, 2.75) is 30.8 Å². The first kappa shape index (κ1) is 15.4. The van der Waals surface area contributed by atoms with Crippen molar-refractivity contribution in [3.05, 3.63) is 24.4 Å².